The number of thiophene rings is 1. The van der Waals surface area contributed by atoms with Crippen molar-refractivity contribution in [3.63, 3.8) is 0 Å². The summed E-state index contributed by atoms with van der Waals surface area (Å²) < 4.78 is 37.8. The van der Waals surface area contributed by atoms with Crippen LogP contribution in [0, 0.1) is 6.92 Å². The number of nitrogens with zero attached hydrogens (tertiary/aromatic N) is 2. The van der Waals surface area contributed by atoms with Crippen LogP contribution in [-0.2, 0) is 6.18 Å². The molecule has 0 fully saturated rings. The van der Waals surface area contributed by atoms with E-state index in [1.54, 1.807) is 29.7 Å². The summed E-state index contributed by atoms with van der Waals surface area (Å²) in [5, 5.41) is 5.68. The summed E-state index contributed by atoms with van der Waals surface area (Å²) in [6, 6.07) is 8.50. The molecule has 0 aliphatic rings. The lowest BCUT2D eigenvalue weighted by molar-refractivity contribution is -0.141. The van der Waals surface area contributed by atoms with Gasteiger partial charge in [0.25, 0.3) is 0 Å². The van der Waals surface area contributed by atoms with Crippen molar-refractivity contribution < 1.29 is 13.2 Å². The lowest BCUT2D eigenvalue weighted by atomic mass is 10.1. The fourth-order valence-corrected chi connectivity index (χ4v) is 2.79. The van der Waals surface area contributed by atoms with Gasteiger partial charge in [0, 0.05) is 16.0 Å². The first-order valence-corrected chi connectivity index (χ1v) is 7.57. The van der Waals surface area contributed by atoms with Gasteiger partial charge in [-0.25, -0.2) is 0 Å². The van der Waals surface area contributed by atoms with Crippen molar-refractivity contribution in [3.8, 4) is 11.4 Å². The Balaban J connectivity index is 1.85. The molecule has 3 aromatic rings. The SMILES string of the molecule is Cc1ccc(/C=C/c2ccnc(-c3cc(C(F)(F)F)[nH]n3)c2)s1. The lowest BCUT2D eigenvalue weighted by Gasteiger charge is -2.00. The normalized spacial score (nSPS) is 12.2. The second kappa shape index (κ2) is 6.00. The summed E-state index contributed by atoms with van der Waals surface area (Å²) >= 11 is 1.67. The summed E-state index contributed by atoms with van der Waals surface area (Å²) in [7, 11) is 0. The van der Waals surface area contributed by atoms with Crippen LogP contribution in [0.2, 0.25) is 0 Å². The minimum absolute atomic E-state index is 0.166. The summed E-state index contributed by atoms with van der Waals surface area (Å²) in [6.45, 7) is 2.03. The summed E-state index contributed by atoms with van der Waals surface area (Å²) in [4.78, 5) is 6.41. The molecule has 1 N–H and O–H groups in total. The highest BCUT2D eigenvalue weighted by Crippen LogP contribution is 2.30. The van der Waals surface area contributed by atoms with Crippen LogP contribution in [0.15, 0.2) is 36.5 Å². The topological polar surface area (TPSA) is 41.6 Å². The lowest BCUT2D eigenvalue weighted by Crippen LogP contribution is -2.04. The van der Waals surface area contributed by atoms with Crippen LogP contribution in [0.5, 0.6) is 0 Å². The second-order valence-corrected chi connectivity index (χ2v) is 6.24. The molecule has 3 heterocycles. The van der Waals surface area contributed by atoms with Gasteiger partial charge in [-0.15, -0.1) is 11.3 Å². The van der Waals surface area contributed by atoms with E-state index in [1.807, 2.05) is 36.3 Å². The third-order valence-corrected chi connectivity index (χ3v) is 4.10. The summed E-state index contributed by atoms with van der Waals surface area (Å²) in [5.41, 5.74) is 0.516. The van der Waals surface area contributed by atoms with Crippen LogP contribution in [0.25, 0.3) is 23.5 Å². The number of hydrogen-bond donors (Lipinski definition) is 1. The molecule has 3 aromatic heterocycles. The molecule has 3 rings (SSSR count). The average molecular weight is 335 g/mol. The van der Waals surface area contributed by atoms with Crippen LogP contribution >= 0.6 is 11.3 Å². The molecule has 0 radical (unpaired) electrons. The molecular formula is C16H12F3N3S. The zero-order chi connectivity index (χ0) is 16.4. The quantitative estimate of drug-likeness (QED) is 0.729. The Morgan fingerprint density at radius 3 is 2.57 bits per heavy atom. The van der Waals surface area contributed by atoms with Crippen molar-refractivity contribution in [3.05, 3.63) is 57.5 Å². The smallest absolute Gasteiger partial charge is 0.273 e. The number of hydrogen-bond acceptors (Lipinski definition) is 3. The van der Waals surface area contributed by atoms with Gasteiger partial charge < -0.3 is 0 Å². The van der Waals surface area contributed by atoms with Gasteiger partial charge in [-0.05, 0) is 48.9 Å². The Morgan fingerprint density at radius 2 is 1.91 bits per heavy atom. The Morgan fingerprint density at radius 1 is 1.09 bits per heavy atom. The third-order valence-electron chi connectivity index (χ3n) is 3.13. The summed E-state index contributed by atoms with van der Waals surface area (Å²) in [6.07, 6.45) is 0.965. The van der Waals surface area contributed by atoms with Crippen molar-refractivity contribution in [2.75, 3.05) is 0 Å². The maximum absolute atomic E-state index is 12.6. The average Bonchev–Trinajstić information content (AvgIpc) is 3.14. The van der Waals surface area contributed by atoms with E-state index in [4.69, 9.17) is 0 Å². The maximum atomic E-state index is 12.6. The molecule has 0 spiro atoms. The van der Waals surface area contributed by atoms with Crippen molar-refractivity contribution in [2.45, 2.75) is 13.1 Å². The first kappa shape index (κ1) is 15.5. The molecule has 23 heavy (non-hydrogen) atoms. The number of pyridine rings is 1. The van der Waals surface area contributed by atoms with Crippen molar-refractivity contribution >= 4 is 23.5 Å². The first-order chi connectivity index (χ1) is 10.9. The van der Waals surface area contributed by atoms with E-state index in [1.165, 1.54) is 4.88 Å². The van der Waals surface area contributed by atoms with E-state index in [0.717, 1.165) is 16.5 Å². The molecule has 118 valence electrons. The predicted molar refractivity (Wildman–Crippen MR) is 84.8 cm³/mol. The molecule has 0 unspecified atom stereocenters. The second-order valence-electron chi connectivity index (χ2n) is 4.92. The van der Waals surface area contributed by atoms with Gasteiger partial charge in [-0.3, -0.25) is 10.1 Å². The molecule has 0 amide bonds. The third kappa shape index (κ3) is 3.68. The standard InChI is InChI=1S/C16H12F3N3S/c1-10-2-4-12(23-10)5-3-11-6-7-20-13(8-11)14-9-15(22-21-14)16(17,18)19/h2-9H,1H3,(H,21,22)/b5-3+. The van der Waals surface area contributed by atoms with Gasteiger partial charge >= 0.3 is 6.18 Å². The van der Waals surface area contributed by atoms with Gasteiger partial charge in [-0.1, -0.05) is 6.08 Å². The minimum Gasteiger partial charge on any atom is -0.273 e. The highest BCUT2D eigenvalue weighted by Gasteiger charge is 2.33. The van der Waals surface area contributed by atoms with E-state index < -0.39 is 11.9 Å². The van der Waals surface area contributed by atoms with Gasteiger partial charge in [0.15, 0.2) is 0 Å². The van der Waals surface area contributed by atoms with Crippen LogP contribution in [0.4, 0.5) is 13.2 Å². The Labute approximate surface area is 134 Å². The van der Waals surface area contributed by atoms with Crippen molar-refractivity contribution in [1.29, 1.82) is 0 Å². The molecule has 0 saturated heterocycles. The number of rotatable bonds is 3. The van der Waals surface area contributed by atoms with Crippen LogP contribution in [0.1, 0.15) is 21.0 Å². The van der Waals surface area contributed by atoms with Gasteiger partial charge in [0.05, 0.1) is 5.69 Å². The van der Waals surface area contributed by atoms with Crippen LogP contribution < -0.4 is 0 Å². The molecule has 7 heteroatoms. The summed E-state index contributed by atoms with van der Waals surface area (Å²) in [5.74, 6) is 0. The molecule has 3 nitrogen and oxygen atoms in total. The minimum atomic E-state index is -4.44. The number of H-pyrrole nitrogens is 1. The first-order valence-electron chi connectivity index (χ1n) is 6.75. The Kier molecular flexibility index (Phi) is 4.04. The van der Waals surface area contributed by atoms with E-state index in [2.05, 4.69) is 10.1 Å². The fraction of sp³-hybridized carbons (Fsp3) is 0.125. The predicted octanol–water partition coefficient (Wildman–Crippen LogP) is 5.03. The largest absolute Gasteiger partial charge is 0.432 e. The molecular weight excluding hydrogens is 323 g/mol. The van der Waals surface area contributed by atoms with E-state index in [9.17, 15) is 13.2 Å². The van der Waals surface area contributed by atoms with E-state index in [-0.39, 0.29) is 5.69 Å². The van der Waals surface area contributed by atoms with E-state index in [0.29, 0.717) is 5.69 Å². The molecule has 0 atom stereocenters. The highest BCUT2D eigenvalue weighted by molar-refractivity contribution is 7.12. The van der Waals surface area contributed by atoms with Crippen LogP contribution in [0.3, 0.4) is 0 Å². The van der Waals surface area contributed by atoms with Gasteiger partial charge in [-0.2, -0.15) is 18.3 Å². The zero-order valence-corrected chi connectivity index (χ0v) is 12.9. The monoisotopic (exact) mass is 335 g/mol. The fourth-order valence-electron chi connectivity index (χ4n) is 2.01. The maximum Gasteiger partial charge on any atom is 0.432 e. The highest BCUT2D eigenvalue weighted by atomic mass is 32.1. The number of alkyl halides is 3. The molecule has 0 saturated carbocycles. The molecule has 0 bridgehead atoms. The van der Waals surface area contributed by atoms with Gasteiger partial charge in [0.2, 0.25) is 0 Å². The van der Waals surface area contributed by atoms with Gasteiger partial charge in [0.1, 0.15) is 11.4 Å². The number of aromatic amines is 1. The Bertz CT molecular complexity index is 846. The van der Waals surface area contributed by atoms with Crippen LogP contribution in [-0.4, -0.2) is 15.2 Å². The zero-order valence-electron chi connectivity index (χ0n) is 12.1. The van der Waals surface area contributed by atoms with Crippen molar-refractivity contribution in [2.24, 2.45) is 0 Å². The molecule has 0 aromatic carbocycles. The molecule has 0 aliphatic carbocycles. The number of nitrogens with one attached hydrogen (secondary N) is 1. The number of aryl methyl sites for hydroxylation is 1. The number of aromatic nitrogens is 3. The number of halogens is 3. The van der Waals surface area contributed by atoms with Crippen molar-refractivity contribution in [1.82, 2.24) is 15.2 Å². The Hall–Kier alpha value is -2.41. The molecule has 0 aliphatic heterocycles. The van der Waals surface area contributed by atoms with E-state index >= 15 is 0 Å².